The van der Waals surface area contributed by atoms with Crippen molar-refractivity contribution < 1.29 is 9.84 Å². The van der Waals surface area contributed by atoms with E-state index < -0.39 is 0 Å². The summed E-state index contributed by atoms with van der Waals surface area (Å²) in [6.07, 6.45) is 31.5. The van der Waals surface area contributed by atoms with E-state index in [1.165, 1.54) is 128 Å². The molecule has 0 aromatic heterocycles. The third-order valence-corrected chi connectivity index (χ3v) is 6.42. The van der Waals surface area contributed by atoms with Crippen LogP contribution in [0.1, 0.15) is 162 Å². The van der Waals surface area contributed by atoms with Gasteiger partial charge in [0, 0.05) is 13.2 Å². The lowest BCUT2D eigenvalue weighted by Crippen LogP contribution is -2.14. The van der Waals surface area contributed by atoms with Crippen LogP contribution in [-0.2, 0) is 4.74 Å². The summed E-state index contributed by atoms with van der Waals surface area (Å²) < 4.78 is 6.18. The molecule has 0 saturated heterocycles. The molecule has 0 bridgehead atoms. The number of rotatable bonds is 26. The van der Waals surface area contributed by atoms with Crippen LogP contribution in [0.5, 0.6) is 0 Å². The lowest BCUT2D eigenvalue weighted by Gasteiger charge is -2.18. The highest BCUT2D eigenvalue weighted by molar-refractivity contribution is 4.60. The van der Waals surface area contributed by atoms with Crippen LogP contribution in [0.3, 0.4) is 0 Å². The number of aliphatic hydroxyl groups excluding tert-OH is 1. The van der Waals surface area contributed by atoms with Crippen molar-refractivity contribution in [2.75, 3.05) is 13.2 Å². The topological polar surface area (TPSA) is 29.5 Å². The summed E-state index contributed by atoms with van der Waals surface area (Å²) in [7, 11) is 0. The van der Waals surface area contributed by atoms with E-state index in [9.17, 15) is 0 Å². The molecule has 0 aromatic rings. The van der Waals surface area contributed by atoms with Crippen LogP contribution in [0, 0.1) is 0 Å². The van der Waals surface area contributed by atoms with Gasteiger partial charge in [-0.25, -0.2) is 0 Å². The van der Waals surface area contributed by atoms with Gasteiger partial charge in [0.15, 0.2) is 0 Å². The van der Waals surface area contributed by atoms with E-state index in [0.717, 1.165) is 25.9 Å². The second-order valence-electron chi connectivity index (χ2n) is 9.51. The first kappa shape index (κ1) is 29.9. The SMILES string of the molecule is CCCCCCCCCCCCCCCCCC(CCCC)OCCCCCCO. The molecule has 30 heavy (non-hydrogen) atoms. The maximum Gasteiger partial charge on any atom is 0.0575 e. The largest absolute Gasteiger partial charge is 0.396 e. The van der Waals surface area contributed by atoms with Crippen LogP contribution < -0.4 is 0 Å². The highest BCUT2D eigenvalue weighted by Gasteiger charge is 2.08. The zero-order chi connectivity index (χ0) is 22.0. The lowest BCUT2D eigenvalue weighted by molar-refractivity contribution is 0.0359. The fourth-order valence-electron chi connectivity index (χ4n) is 4.30. The number of hydrogen-bond donors (Lipinski definition) is 1. The highest BCUT2D eigenvalue weighted by Crippen LogP contribution is 2.17. The summed E-state index contributed by atoms with van der Waals surface area (Å²) in [6.45, 7) is 5.82. The van der Waals surface area contributed by atoms with E-state index in [4.69, 9.17) is 9.84 Å². The molecule has 0 aliphatic rings. The Morgan fingerprint density at radius 1 is 0.467 bits per heavy atom. The fourth-order valence-corrected chi connectivity index (χ4v) is 4.30. The van der Waals surface area contributed by atoms with Gasteiger partial charge in [0.2, 0.25) is 0 Å². The first-order valence-electron chi connectivity index (χ1n) is 14.1. The number of unbranched alkanes of at least 4 members (excludes halogenated alkanes) is 18. The Hall–Kier alpha value is -0.0800. The smallest absolute Gasteiger partial charge is 0.0575 e. The Kier molecular flexibility index (Phi) is 26.9. The first-order valence-corrected chi connectivity index (χ1v) is 14.1. The molecule has 2 nitrogen and oxygen atoms in total. The number of ether oxygens (including phenoxy) is 1. The summed E-state index contributed by atoms with van der Waals surface area (Å²) in [6, 6.07) is 0. The van der Waals surface area contributed by atoms with Crippen molar-refractivity contribution in [3.05, 3.63) is 0 Å². The second kappa shape index (κ2) is 27.0. The van der Waals surface area contributed by atoms with Gasteiger partial charge in [0.1, 0.15) is 0 Å². The van der Waals surface area contributed by atoms with Crippen molar-refractivity contribution in [1.29, 1.82) is 0 Å². The van der Waals surface area contributed by atoms with Crippen LogP contribution in [0.4, 0.5) is 0 Å². The molecule has 0 rings (SSSR count). The van der Waals surface area contributed by atoms with Crippen LogP contribution in [0.25, 0.3) is 0 Å². The predicted molar refractivity (Wildman–Crippen MR) is 134 cm³/mol. The number of aliphatic hydroxyl groups is 1. The zero-order valence-corrected chi connectivity index (χ0v) is 21.1. The van der Waals surface area contributed by atoms with Crippen molar-refractivity contribution >= 4 is 0 Å². The molecule has 1 N–H and O–H groups in total. The number of hydrogen-bond acceptors (Lipinski definition) is 2. The van der Waals surface area contributed by atoms with E-state index in [0.29, 0.717) is 12.7 Å². The maximum atomic E-state index is 8.84. The van der Waals surface area contributed by atoms with Crippen LogP contribution in [0.2, 0.25) is 0 Å². The Balaban J connectivity index is 3.41. The molecule has 0 spiro atoms. The molecule has 0 fully saturated rings. The summed E-state index contributed by atoms with van der Waals surface area (Å²) in [5, 5.41) is 8.84. The van der Waals surface area contributed by atoms with Crippen molar-refractivity contribution in [3.63, 3.8) is 0 Å². The molecule has 0 amide bonds. The van der Waals surface area contributed by atoms with E-state index in [2.05, 4.69) is 13.8 Å². The average Bonchev–Trinajstić information content (AvgIpc) is 2.76. The molecule has 0 aromatic carbocycles. The Labute approximate surface area is 191 Å². The van der Waals surface area contributed by atoms with E-state index in [1.54, 1.807) is 0 Å². The molecule has 182 valence electrons. The maximum absolute atomic E-state index is 8.84. The van der Waals surface area contributed by atoms with Gasteiger partial charge in [0.25, 0.3) is 0 Å². The molecular weight excluding hydrogens is 368 g/mol. The van der Waals surface area contributed by atoms with Gasteiger partial charge in [0.05, 0.1) is 6.10 Å². The zero-order valence-electron chi connectivity index (χ0n) is 21.1. The van der Waals surface area contributed by atoms with Gasteiger partial charge in [-0.3, -0.25) is 0 Å². The van der Waals surface area contributed by atoms with Crippen LogP contribution in [-0.4, -0.2) is 24.4 Å². The minimum Gasteiger partial charge on any atom is -0.396 e. The van der Waals surface area contributed by atoms with E-state index >= 15 is 0 Å². The summed E-state index contributed by atoms with van der Waals surface area (Å²) in [5.74, 6) is 0. The second-order valence-corrected chi connectivity index (χ2v) is 9.51. The van der Waals surface area contributed by atoms with Gasteiger partial charge < -0.3 is 9.84 Å². The normalized spacial score (nSPS) is 12.5. The summed E-state index contributed by atoms with van der Waals surface area (Å²) >= 11 is 0. The molecule has 0 radical (unpaired) electrons. The Morgan fingerprint density at radius 2 is 0.867 bits per heavy atom. The van der Waals surface area contributed by atoms with Gasteiger partial charge in [-0.2, -0.15) is 0 Å². The van der Waals surface area contributed by atoms with Crippen molar-refractivity contribution in [1.82, 2.24) is 0 Å². The van der Waals surface area contributed by atoms with Crippen LogP contribution >= 0.6 is 0 Å². The molecule has 0 aliphatic heterocycles. The van der Waals surface area contributed by atoms with Gasteiger partial charge in [-0.1, -0.05) is 136 Å². The fraction of sp³-hybridized carbons (Fsp3) is 1.00. The third kappa shape index (κ3) is 24.2. The monoisotopic (exact) mass is 426 g/mol. The summed E-state index contributed by atoms with van der Waals surface area (Å²) in [5.41, 5.74) is 0. The molecule has 0 aliphatic carbocycles. The lowest BCUT2D eigenvalue weighted by atomic mass is 10.0. The van der Waals surface area contributed by atoms with Crippen LogP contribution in [0.15, 0.2) is 0 Å². The molecular formula is C28H58O2. The Morgan fingerprint density at radius 3 is 1.37 bits per heavy atom. The van der Waals surface area contributed by atoms with Gasteiger partial charge >= 0.3 is 0 Å². The minimum atomic E-state index is 0.333. The van der Waals surface area contributed by atoms with Crippen molar-refractivity contribution in [2.24, 2.45) is 0 Å². The van der Waals surface area contributed by atoms with E-state index in [-0.39, 0.29) is 0 Å². The third-order valence-electron chi connectivity index (χ3n) is 6.42. The average molecular weight is 427 g/mol. The molecule has 1 atom stereocenters. The first-order chi connectivity index (χ1) is 14.8. The molecule has 1 unspecified atom stereocenters. The predicted octanol–water partition coefficient (Wildman–Crippen LogP) is 9.38. The standard InChI is InChI=1S/C28H58O2/c1-3-5-7-8-9-10-11-12-13-14-15-16-17-18-21-25-28(24-6-4-2)30-27-23-20-19-22-26-29/h28-29H,3-27H2,1-2H3. The quantitative estimate of drug-likeness (QED) is 0.140. The van der Waals surface area contributed by atoms with Gasteiger partial charge in [-0.05, 0) is 25.7 Å². The molecule has 0 saturated carbocycles. The van der Waals surface area contributed by atoms with Crippen molar-refractivity contribution in [3.8, 4) is 0 Å². The molecule has 0 heterocycles. The highest BCUT2D eigenvalue weighted by atomic mass is 16.5. The Bertz CT molecular complexity index is 292. The molecule has 2 heteroatoms. The van der Waals surface area contributed by atoms with Crippen molar-refractivity contribution in [2.45, 2.75) is 168 Å². The minimum absolute atomic E-state index is 0.333. The van der Waals surface area contributed by atoms with E-state index in [1.807, 2.05) is 0 Å². The summed E-state index contributed by atoms with van der Waals surface area (Å²) in [4.78, 5) is 0. The van der Waals surface area contributed by atoms with Gasteiger partial charge in [-0.15, -0.1) is 0 Å².